The molecule has 0 fully saturated rings. The Balaban J connectivity index is 0.00000237. The number of hydrogen-bond acceptors (Lipinski definition) is 5. The lowest BCUT2D eigenvalue weighted by atomic mass is 9.86. The molecule has 0 aliphatic carbocycles. The summed E-state index contributed by atoms with van der Waals surface area (Å²) in [6, 6.07) is 15.4. The number of methoxy groups -OCH3 is 1. The Hall–Kier alpha value is -3.36. The van der Waals surface area contributed by atoms with E-state index in [1.807, 2.05) is 90.9 Å². The van der Waals surface area contributed by atoms with Gasteiger partial charge < -0.3 is 24.8 Å². The fourth-order valence-electron chi connectivity index (χ4n) is 4.97. The standard InChI is InChI=1S/C32H37BrN2O5.C2H6/c1-19-25(23-14-15-24-22(17-23)13-10-16-39-24)26(29(30(36)38-6)40-32(3,4)5)20(2)28(27(19)33)35-31(37)34-18-21-11-8-7-9-12-21;1-2/h7-9,11-12,14-15,17,29H,10,13,16,18H2,1-6H3,(H2,34,35,37);1-2H3. The van der Waals surface area contributed by atoms with Crippen LogP contribution in [0.3, 0.4) is 0 Å². The predicted octanol–water partition coefficient (Wildman–Crippen LogP) is 8.44. The van der Waals surface area contributed by atoms with Crippen molar-refractivity contribution in [2.45, 2.75) is 79.6 Å². The van der Waals surface area contributed by atoms with E-state index < -0.39 is 17.7 Å². The van der Waals surface area contributed by atoms with E-state index in [-0.39, 0.29) is 6.03 Å². The number of anilines is 1. The lowest BCUT2D eigenvalue weighted by Crippen LogP contribution is -2.31. The number of nitrogens with one attached hydrogen (secondary N) is 2. The number of urea groups is 1. The van der Waals surface area contributed by atoms with Crippen molar-refractivity contribution in [3.8, 4) is 16.9 Å². The molecule has 3 aromatic rings. The monoisotopic (exact) mass is 638 g/mol. The zero-order valence-corrected chi connectivity index (χ0v) is 27.5. The van der Waals surface area contributed by atoms with E-state index in [0.717, 1.165) is 50.9 Å². The minimum Gasteiger partial charge on any atom is -0.493 e. The van der Waals surface area contributed by atoms with Crippen molar-refractivity contribution in [1.29, 1.82) is 0 Å². The molecule has 226 valence electrons. The van der Waals surface area contributed by atoms with Crippen LogP contribution in [0, 0.1) is 13.8 Å². The molecule has 0 radical (unpaired) electrons. The average Bonchev–Trinajstić information content (AvgIpc) is 2.99. The fourth-order valence-corrected chi connectivity index (χ4v) is 5.57. The third kappa shape index (κ3) is 7.92. The summed E-state index contributed by atoms with van der Waals surface area (Å²) in [5, 5.41) is 5.92. The Morgan fingerprint density at radius 2 is 1.74 bits per heavy atom. The highest BCUT2D eigenvalue weighted by Crippen LogP contribution is 2.46. The molecule has 2 N–H and O–H groups in total. The number of rotatable bonds is 7. The van der Waals surface area contributed by atoms with Crippen molar-refractivity contribution in [2.75, 3.05) is 19.0 Å². The van der Waals surface area contributed by atoms with Gasteiger partial charge in [-0.25, -0.2) is 9.59 Å². The highest BCUT2D eigenvalue weighted by Gasteiger charge is 2.34. The molecule has 1 atom stereocenters. The van der Waals surface area contributed by atoms with Gasteiger partial charge in [-0.3, -0.25) is 0 Å². The number of fused-ring (bicyclic) bond motifs is 1. The van der Waals surface area contributed by atoms with Crippen LogP contribution in [0.5, 0.6) is 5.75 Å². The van der Waals surface area contributed by atoms with E-state index in [9.17, 15) is 9.59 Å². The van der Waals surface area contributed by atoms with E-state index in [4.69, 9.17) is 14.2 Å². The molecule has 0 saturated carbocycles. The maximum absolute atomic E-state index is 13.3. The fraction of sp³-hybridized carbons (Fsp3) is 0.412. The Morgan fingerprint density at radius 1 is 1.05 bits per heavy atom. The van der Waals surface area contributed by atoms with Gasteiger partial charge in [0.15, 0.2) is 6.10 Å². The third-order valence-electron chi connectivity index (χ3n) is 6.85. The van der Waals surface area contributed by atoms with Gasteiger partial charge in [0.25, 0.3) is 0 Å². The van der Waals surface area contributed by atoms with E-state index in [0.29, 0.717) is 30.0 Å². The second-order valence-electron chi connectivity index (χ2n) is 10.9. The molecule has 7 nitrogen and oxygen atoms in total. The lowest BCUT2D eigenvalue weighted by molar-refractivity contribution is -0.164. The normalized spacial score (nSPS) is 13.1. The van der Waals surface area contributed by atoms with Crippen LogP contribution >= 0.6 is 15.9 Å². The maximum Gasteiger partial charge on any atom is 0.339 e. The molecule has 1 heterocycles. The van der Waals surface area contributed by atoms with E-state index in [2.05, 4.69) is 32.6 Å². The molecule has 2 amide bonds. The van der Waals surface area contributed by atoms with Crippen LogP contribution in [-0.4, -0.2) is 31.3 Å². The first-order valence-electron chi connectivity index (χ1n) is 14.4. The summed E-state index contributed by atoms with van der Waals surface area (Å²) in [6.45, 7) is 14.6. The molecule has 0 bridgehead atoms. The number of halogens is 1. The number of aryl methyl sites for hydroxylation is 1. The number of carbonyl (C=O) groups excluding carboxylic acids is 2. The zero-order valence-electron chi connectivity index (χ0n) is 25.9. The Morgan fingerprint density at radius 3 is 2.38 bits per heavy atom. The van der Waals surface area contributed by atoms with Crippen molar-refractivity contribution in [3.05, 3.63) is 80.8 Å². The van der Waals surface area contributed by atoms with Gasteiger partial charge in [0.05, 0.1) is 25.0 Å². The smallest absolute Gasteiger partial charge is 0.339 e. The summed E-state index contributed by atoms with van der Waals surface area (Å²) in [5.74, 6) is 0.371. The Labute approximate surface area is 258 Å². The summed E-state index contributed by atoms with van der Waals surface area (Å²) < 4.78 is 18.2. The summed E-state index contributed by atoms with van der Waals surface area (Å²) in [4.78, 5) is 26.3. The van der Waals surface area contributed by atoms with E-state index in [1.54, 1.807) is 0 Å². The second kappa shape index (κ2) is 14.7. The van der Waals surface area contributed by atoms with Crippen molar-refractivity contribution in [2.24, 2.45) is 0 Å². The zero-order chi connectivity index (χ0) is 31.0. The van der Waals surface area contributed by atoms with Crippen molar-refractivity contribution in [3.63, 3.8) is 0 Å². The van der Waals surface area contributed by atoms with Crippen molar-refractivity contribution in [1.82, 2.24) is 5.32 Å². The molecular weight excluding hydrogens is 596 g/mol. The quantitative estimate of drug-likeness (QED) is 0.254. The average molecular weight is 640 g/mol. The summed E-state index contributed by atoms with van der Waals surface area (Å²) in [5.41, 5.74) is 6.04. The van der Waals surface area contributed by atoms with Crippen LogP contribution in [0.15, 0.2) is 53.0 Å². The van der Waals surface area contributed by atoms with Crippen LogP contribution in [0.4, 0.5) is 10.5 Å². The summed E-state index contributed by atoms with van der Waals surface area (Å²) in [7, 11) is 1.36. The van der Waals surface area contributed by atoms with E-state index in [1.165, 1.54) is 7.11 Å². The van der Waals surface area contributed by atoms with Gasteiger partial charge >= 0.3 is 12.0 Å². The largest absolute Gasteiger partial charge is 0.493 e. The second-order valence-corrected chi connectivity index (χ2v) is 11.7. The van der Waals surface area contributed by atoms with Crippen LogP contribution in [-0.2, 0) is 27.2 Å². The van der Waals surface area contributed by atoms with Crippen LogP contribution in [0.2, 0.25) is 0 Å². The van der Waals surface area contributed by atoms with Crippen LogP contribution in [0.25, 0.3) is 11.1 Å². The Bertz CT molecular complexity index is 1400. The molecule has 1 aliphatic heterocycles. The molecular formula is C34H43BrN2O5. The molecule has 3 aromatic carbocycles. The predicted molar refractivity (Wildman–Crippen MR) is 172 cm³/mol. The van der Waals surface area contributed by atoms with Gasteiger partial charge in [-0.05, 0) is 109 Å². The minimum absolute atomic E-state index is 0.358. The number of amides is 2. The maximum atomic E-state index is 13.3. The van der Waals surface area contributed by atoms with Gasteiger partial charge in [0, 0.05) is 16.6 Å². The molecule has 0 aromatic heterocycles. The lowest BCUT2D eigenvalue weighted by Gasteiger charge is -2.31. The number of esters is 1. The minimum atomic E-state index is -1.02. The van der Waals surface area contributed by atoms with Gasteiger partial charge in [0.2, 0.25) is 0 Å². The molecule has 1 unspecified atom stereocenters. The summed E-state index contributed by atoms with van der Waals surface area (Å²) in [6.07, 6.45) is 0.842. The molecule has 1 aliphatic rings. The molecule has 8 heteroatoms. The molecule has 0 spiro atoms. The van der Waals surface area contributed by atoms with Crippen molar-refractivity contribution < 1.29 is 23.8 Å². The molecule has 42 heavy (non-hydrogen) atoms. The Kier molecular flexibility index (Phi) is 11.6. The summed E-state index contributed by atoms with van der Waals surface area (Å²) >= 11 is 3.75. The van der Waals surface area contributed by atoms with Gasteiger partial charge in [-0.2, -0.15) is 0 Å². The number of hydrogen-bond donors (Lipinski definition) is 2. The SMILES string of the molecule is CC.COC(=O)C(OC(C)(C)C)c1c(C)c(NC(=O)NCc2ccccc2)c(Br)c(C)c1-c1ccc2c(c1)CCCO2. The molecule has 0 saturated heterocycles. The third-order valence-corrected chi connectivity index (χ3v) is 7.84. The molecule has 4 rings (SSSR count). The number of carbonyl (C=O) groups is 2. The first-order chi connectivity index (χ1) is 20.0. The highest BCUT2D eigenvalue weighted by molar-refractivity contribution is 9.10. The van der Waals surface area contributed by atoms with Gasteiger partial charge in [-0.1, -0.05) is 50.2 Å². The first kappa shape index (κ1) is 33.1. The van der Waals surface area contributed by atoms with Crippen LogP contribution < -0.4 is 15.4 Å². The van der Waals surface area contributed by atoms with E-state index >= 15 is 0 Å². The number of benzene rings is 3. The van der Waals surface area contributed by atoms with Gasteiger partial charge in [-0.15, -0.1) is 0 Å². The first-order valence-corrected chi connectivity index (χ1v) is 15.2. The van der Waals surface area contributed by atoms with Crippen LogP contribution in [0.1, 0.15) is 75.0 Å². The number of ether oxygens (including phenoxy) is 3. The van der Waals surface area contributed by atoms with Crippen molar-refractivity contribution >= 4 is 33.6 Å². The highest BCUT2D eigenvalue weighted by atomic mass is 79.9. The topological polar surface area (TPSA) is 85.9 Å². The van der Waals surface area contributed by atoms with Gasteiger partial charge in [0.1, 0.15) is 5.75 Å².